The van der Waals surface area contributed by atoms with Crippen molar-refractivity contribution in [2.45, 2.75) is 19.4 Å². The number of likely N-dealkylation sites (N-methyl/N-ethyl adjacent to an activating group) is 1. The first kappa shape index (κ1) is 10.8. The van der Waals surface area contributed by atoms with E-state index < -0.39 is 0 Å². The fourth-order valence-corrected chi connectivity index (χ4v) is 1.90. The molecule has 84 valence electrons. The summed E-state index contributed by atoms with van der Waals surface area (Å²) >= 11 is 0. The summed E-state index contributed by atoms with van der Waals surface area (Å²) in [6.45, 7) is 4.51. The van der Waals surface area contributed by atoms with Gasteiger partial charge in [-0.1, -0.05) is 0 Å². The normalized spacial score (nSPS) is 19.4. The maximum Gasteiger partial charge on any atom is 0.158 e. The Balaban J connectivity index is 2.16. The number of hydrogen-bond acceptors (Lipinski definition) is 5. The molecular weight excluding hydrogens is 204 g/mol. The molecule has 1 saturated heterocycles. The topological polar surface area (TPSA) is 62.0 Å². The number of rotatable bonds is 3. The van der Waals surface area contributed by atoms with Crippen LogP contribution in [0.3, 0.4) is 0 Å². The SMILES string of the molecule is CCN(c1cnc(C#N)cn1)C1CCOC1. The van der Waals surface area contributed by atoms with Gasteiger partial charge in [0.2, 0.25) is 0 Å². The summed E-state index contributed by atoms with van der Waals surface area (Å²) in [6.07, 6.45) is 4.18. The molecule has 5 nitrogen and oxygen atoms in total. The highest BCUT2D eigenvalue weighted by atomic mass is 16.5. The van der Waals surface area contributed by atoms with E-state index in [0.717, 1.165) is 32.0 Å². The largest absolute Gasteiger partial charge is 0.379 e. The van der Waals surface area contributed by atoms with Crippen molar-refractivity contribution in [2.24, 2.45) is 0 Å². The molecule has 0 aliphatic carbocycles. The molecule has 1 fully saturated rings. The zero-order valence-electron chi connectivity index (χ0n) is 9.26. The molecule has 1 aromatic rings. The molecule has 0 aromatic carbocycles. The molecular formula is C11H14N4O. The molecule has 1 aliphatic rings. The zero-order chi connectivity index (χ0) is 11.4. The minimum atomic E-state index is 0.350. The molecule has 2 rings (SSSR count). The number of aromatic nitrogens is 2. The molecule has 1 unspecified atom stereocenters. The Morgan fingerprint density at radius 2 is 2.44 bits per heavy atom. The molecule has 0 bridgehead atoms. The Labute approximate surface area is 94.7 Å². The highest BCUT2D eigenvalue weighted by molar-refractivity contribution is 5.38. The Bertz CT molecular complexity index is 378. The van der Waals surface area contributed by atoms with Gasteiger partial charge in [-0.05, 0) is 13.3 Å². The van der Waals surface area contributed by atoms with E-state index in [1.54, 1.807) is 6.20 Å². The average Bonchev–Trinajstić information content (AvgIpc) is 2.85. The van der Waals surface area contributed by atoms with Crippen LogP contribution < -0.4 is 4.90 Å². The Morgan fingerprint density at radius 3 is 2.94 bits per heavy atom. The fourth-order valence-electron chi connectivity index (χ4n) is 1.90. The van der Waals surface area contributed by atoms with Crippen molar-refractivity contribution in [1.82, 2.24) is 9.97 Å². The van der Waals surface area contributed by atoms with Crippen LogP contribution in [0.4, 0.5) is 5.82 Å². The number of anilines is 1. The molecule has 0 N–H and O–H groups in total. The van der Waals surface area contributed by atoms with E-state index in [-0.39, 0.29) is 0 Å². The highest BCUT2D eigenvalue weighted by Gasteiger charge is 2.23. The van der Waals surface area contributed by atoms with E-state index in [9.17, 15) is 0 Å². The molecule has 16 heavy (non-hydrogen) atoms. The van der Waals surface area contributed by atoms with Crippen LogP contribution >= 0.6 is 0 Å². The van der Waals surface area contributed by atoms with Crippen molar-refractivity contribution in [1.29, 1.82) is 5.26 Å². The van der Waals surface area contributed by atoms with Crippen molar-refractivity contribution < 1.29 is 4.74 Å². The second-order valence-corrected chi connectivity index (χ2v) is 3.68. The molecule has 1 aliphatic heterocycles. The van der Waals surface area contributed by atoms with E-state index in [4.69, 9.17) is 10.00 Å². The van der Waals surface area contributed by atoms with Crippen molar-refractivity contribution >= 4 is 5.82 Å². The number of nitriles is 1. The molecule has 0 spiro atoms. The third kappa shape index (κ3) is 2.12. The summed E-state index contributed by atoms with van der Waals surface area (Å²) < 4.78 is 5.36. The lowest BCUT2D eigenvalue weighted by atomic mass is 10.2. The average molecular weight is 218 g/mol. The van der Waals surface area contributed by atoms with Crippen LogP contribution in [0.2, 0.25) is 0 Å². The van der Waals surface area contributed by atoms with Gasteiger partial charge in [-0.25, -0.2) is 9.97 Å². The van der Waals surface area contributed by atoms with Crippen LogP contribution in [-0.2, 0) is 4.74 Å². The minimum Gasteiger partial charge on any atom is -0.379 e. The maximum atomic E-state index is 8.65. The molecule has 1 atom stereocenters. The summed E-state index contributed by atoms with van der Waals surface area (Å²) in [6, 6.07) is 2.35. The molecule has 2 heterocycles. The molecule has 0 saturated carbocycles. The van der Waals surface area contributed by atoms with Gasteiger partial charge in [0.15, 0.2) is 5.69 Å². The third-order valence-corrected chi connectivity index (χ3v) is 2.73. The summed E-state index contributed by atoms with van der Waals surface area (Å²) in [5, 5.41) is 8.65. The van der Waals surface area contributed by atoms with Gasteiger partial charge in [-0.15, -0.1) is 0 Å². The van der Waals surface area contributed by atoms with E-state index in [2.05, 4.69) is 21.8 Å². The highest BCUT2D eigenvalue weighted by Crippen LogP contribution is 2.18. The monoisotopic (exact) mass is 218 g/mol. The van der Waals surface area contributed by atoms with Gasteiger partial charge in [0.05, 0.1) is 25.0 Å². The van der Waals surface area contributed by atoms with E-state index in [0.29, 0.717) is 11.7 Å². The lowest BCUT2D eigenvalue weighted by Crippen LogP contribution is -2.36. The number of ether oxygens (including phenoxy) is 1. The molecule has 0 amide bonds. The standard InChI is InChI=1S/C11H14N4O/c1-2-15(10-3-4-16-8-10)11-7-13-9(5-12)6-14-11/h6-7,10H,2-4,8H2,1H3. The lowest BCUT2D eigenvalue weighted by molar-refractivity contribution is 0.193. The maximum absolute atomic E-state index is 8.65. The summed E-state index contributed by atoms with van der Waals surface area (Å²) in [7, 11) is 0. The van der Waals surface area contributed by atoms with E-state index in [1.807, 2.05) is 6.07 Å². The van der Waals surface area contributed by atoms with Crippen LogP contribution in [0.1, 0.15) is 19.0 Å². The predicted molar refractivity (Wildman–Crippen MR) is 59.0 cm³/mol. The van der Waals surface area contributed by atoms with Crippen LogP contribution in [0.5, 0.6) is 0 Å². The van der Waals surface area contributed by atoms with Crippen LogP contribution in [-0.4, -0.2) is 35.8 Å². The van der Waals surface area contributed by atoms with Gasteiger partial charge in [0, 0.05) is 13.2 Å². The van der Waals surface area contributed by atoms with Gasteiger partial charge in [-0.3, -0.25) is 0 Å². The summed E-state index contributed by atoms with van der Waals surface area (Å²) in [4.78, 5) is 10.4. The second-order valence-electron chi connectivity index (χ2n) is 3.68. The summed E-state index contributed by atoms with van der Waals surface area (Å²) in [5.74, 6) is 0.817. The first-order valence-corrected chi connectivity index (χ1v) is 5.41. The van der Waals surface area contributed by atoms with Crippen LogP contribution in [0.15, 0.2) is 12.4 Å². The molecule has 0 radical (unpaired) electrons. The van der Waals surface area contributed by atoms with Gasteiger partial charge in [-0.2, -0.15) is 5.26 Å². The number of hydrogen-bond donors (Lipinski definition) is 0. The fraction of sp³-hybridized carbons (Fsp3) is 0.545. The van der Waals surface area contributed by atoms with Gasteiger partial charge in [0.1, 0.15) is 11.9 Å². The number of nitrogens with zero attached hydrogens (tertiary/aromatic N) is 4. The third-order valence-electron chi connectivity index (χ3n) is 2.73. The minimum absolute atomic E-state index is 0.350. The zero-order valence-corrected chi connectivity index (χ0v) is 9.26. The molecule has 5 heteroatoms. The Morgan fingerprint density at radius 1 is 1.56 bits per heavy atom. The smallest absolute Gasteiger partial charge is 0.158 e. The van der Waals surface area contributed by atoms with Crippen molar-refractivity contribution in [3.8, 4) is 6.07 Å². The Kier molecular flexibility index (Phi) is 3.32. The quantitative estimate of drug-likeness (QED) is 0.756. The van der Waals surface area contributed by atoms with Gasteiger partial charge < -0.3 is 9.64 Å². The van der Waals surface area contributed by atoms with Crippen LogP contribution in [0, 0.1) is 11.3 Å². The molecule has 1 aromatic heterocycles. The van der Waals surface area contributed by atoms with Crippen LogP contribution in [0.25, 0.3) is 0 Å². The summed E-state index contributed by atoms with van der Waals surface area (Å²) in [5.41, 5.74) is 0.350. The van der Waals surface area contributed by atoms with Crippen molar-refractivity contribution in [2.75, 3.05) is 24.7 Å². The predicted octanol–water partition coefficient (Wildman–Crippen LogP) is 0.963. The van der Waals surface area contributed by atoms with Gasteiger partial charge in [0.25, 0.3) is 0 Å². The van der Waals surface area contributed by atoms with Crippen molar-refractivity contribution in [3.63, 3.8) is 0 Å². The Hall–Kier alpha value is -1.67. The first-order chi connectivity index (χ1) is 7.85. The lowest BCUT2D eigenvalue weighted by Gasteiger charge is -2.27. The van der Waals surface area contributed by atoms with Crippen molar-refractivity contribution in [3.05, 3.63) is 18.1 Å². The van der Waals surface area contributed by atoms with E-state index in [1.165, 1.54) is 6.20 Å². The van der Waals surface area contributed by atoms with E-state index >= 15 is 0 Å². The van der Waals surface area contributed by atoms with Gasteiger partial charge >= 0.3 is 0 Å². The first-order valence-electron chi connectivity index (χ1n) is 5.41. The second kappa shape index (κ2) is 4.90.